The molecule has 2 atom stereocenters. The second-order valence-electron chi connectivity index (χ2n) is 7.80. The summed E-state index contributed by atoms with van der Waals surface area (Å²) < 4.78 is 51.6. The monoisotopic (exact) mass is 393 g/mol. The zero-order valence-corrected chi connectivity index (χ0v) is 16.6. The molecule has 1 aliphatic rings. The van der Waals surface area contributed by atoms with E-state index in [1.807, 2.05) is 51.0 Å². The third kappa shape index (κ3) is 4.61. The van der Waals surface area contributed by atoms with Crippen molar-refractivity contribution in [3.63, 3.8) is 0 Å². The van der Waals surface area contributed by atoms with Crippen LogP contribution in [-0.2, 0) is 10.9 Å². The Balaban J connectivity index is 2.00. The lowest BCUT2D eigenvalue weighted by atomic mass is 9.85. The fourth-order valence-electron chi connectivity index (χ4n) is 3.35. The van der Waals surface area contributed by atoms with Gasteiger partial charge in [0, 0.05) is 43.8 Å². The number of anilines is 1. The molecule has 3 rings (SSSR count). The Kier molecular flexibility index (Phi) is 5.89. The van der Waals surface area contributed by atoms with E-state index < -0.39 is 18.0 Å². The number of fused-ring (bicyclic) bond motifs is 1. The van der Waals surface area contributed by atoms with Crippen LogP contribution in [0.1, 0.15) is 42.9 Å². The number of rotatable bonds is 5. The number of alkyl halides is 3. The van der Waals surface area contributed by atoms with Gasteiger partial charge in [-0.3, -0.25) is 0 Å². The molecule has 0 aromatic heterocycles. The summed E-state index contributed by atoms with van der Waals surface area (Å²) in [7, 11) is 3.86. The van der Waals surface area contributed by atoms with E-state index in [-0.39, 0.29) is 5.92 Å². The van der Waals surface area contributed by atoms with Crippen molar-refractivity contribution < 1.29 is 22.6 Å². The molecule has 0 N–H and O–H groups in total. The van der Waals surface area contributed by atoms with Gasteiger partial charge in [-0.2, -0.15) is 13.2 Å². The highest BCUT2D eigenvalue weighted by Crippen LogP contribution is 2.43. The molecule has 6 heteroatoms. The van der Waals surface area contributed by atoms with Crippen LogP contribution >= 0.6 is 0 Å². The summed E-state index contributed by atoms with van der Waals surface area (Å²) in [4.78, 5) is 1.96. The maximum absolute atomic E-state index is 13.2. The van der Waals surface area contributed by atoms with Crippen molar-refractivity contribution in [2.45, 2.75) is 38.7 Å². The summed E-state index contributed by atoms with van der Waals surface area (Å²) in [6.45, 7) is 4.62. The van der Waals surface area contributed by atoms with Gasteiger partial charge in [0.1, 0.15) is 5.75 Å². The molecule has 0 amide bonds. The van der Waals surface area contributed by atoms with Crippen molar-refractivity contribution in [2.24, 2.45) is 5.92 Å². The normalized spacial score (nSPS) is 19.3. The molecule has 0 aliphatic carbocycles. The topological polar surface area (TPSA) is 21.7 Å². The lowest BCUT2D eigenvalue weighted by molar-refractivity contribution is -0.137. The van der Waals surface area contributed by atoms with Gasteiger partial charge < -0.3 is 14.4 Å². The minimum atomic E-state index is -4.37. The molecule has 1 heterocycles. The standard InChI is InChI=1S/C22H26F3NO2/c1-14(2)13-27-21-12-19(15-6-5-7-16(10-15)22(23,24)25)18-9-8-17(26(3)4)11-20(18)28-21/h5-11,14,19,21H,12-13H2,1-4H3. The van der Waals surface area contributed by atoms with Crippen molar-refractivity contribution in [3.8, 4) is 5.75 Å². The molecule has 0 saturated carbocycles. The third-order valence-corrected chi connectivity index (χ3v) is 4.81. The van der Waals surface area contributed by atoms with E-state index >= 15 is 0 Å². The summed E-state index contributed by atoms with van der Waals surface area (Å²) >= 11 is 0. The first-order valence-electron chi connectivity index (χ1n) is 9.42. The van der Waals surface area contributed by atoms with Gasteiger partial charge in [-0.05, 0) is 23.6 Å². The maximum atomic E-state index is 13.2. The number of hydrogen-bond acceptors (Lipinski definition) is 3. The number of benzene rings is 2. The van der Waals surface area contributed by atoms with E-state index in [1.54, 1.807) is 6.07 Å². The molecule has 2 aromatic rings. The van der Waals surface area contributed by atoms with Gasteiger partial charge in [0.25, 0.3) is 0 Å². The fourth-order valence-corrected chi connectivity index (χ4v) is 3.35. The van der Waals surface area contributed by atoms with Crippen LogP contribution < -0.4 is 9.64 Å². The Labute approximate surface area is 164 Å². The second kappa shape index (κ2) is 8.03. The highest BCUT2D eigenvalue weighted by atomic mass is 19.4. The summed E-state index contributed by atoms with van der Waals surface area (Å²) in [5, 5.41) is 0. The Bertz CT molecular complexity index is 818. The van der Waals surface area contributed by atoms with E-state index in [0.29, 0.717) is 30.3 Å². The van der Waals surface area contributed by atoms with Crippen LogP contribution in [0, 0.1) is 5.92 Å². The lowest BCUT2D eigenvalue weighted by Gasteiger charge is -2.33. The molecule has 28 heavy (non-hydrogen) atoms. The van der Waals surface area contributed by atoms with E-state index in [1.165, 1.54) is 12.1 Å². The van der Waals surface area contributed by atoms with Crippen molar-refractivity contribution >= 4 is 5.69 Å². The molecule has 1 aliphatic heterocycles. The minimum Gasteiger partial charge on any atom is -0.465 e. The third-order valence-electron chi connectivity index (χ3n) is 4.81. The molecule has 0 saturated heterocycles. The predicted molar refractivity (Wildman–Crippen MR) is 104 cm³/mol. The van der Waals surface area contributed by atoms with Crippen molar-refractivity contribution in [3.05, 3.63) is 59.2 Å². The molecule has 2 unspecified atom stereocenters. The number of halogens is 3. The fraction of sp³-hybridized carbons (Fsp3) is 0.455. The quantitative estimate of drug-likeness (QED) is 0.652. The number of nitrogens with zero attached hydrogens (tertiary/aromatic N) is 1. The van der Waals surface area contributed by atoms with Gasteiger partial charge in [-0.15, -0.1) is 0 Å². The molecular formula is C22H26F3NO2. The minimum absolute atomic E-state index is 0.223. The molecular weight excluding hydrogens is 367 g/mol. The maximum Gasteiger partial charge on any atom is 0.416 e. The van der Waals surface area contributed by atoms with Crippen LogP contribution in [0.4, 0.5) is 18.9 Å². The van der Waals surface area contributed by atoms with Gasteiger partial charge in [0.15, 0.2) is 0 Å². The van der Waals surface area contributed by atoms with Crippen LogP contribution in [0.3, 0.4) is 0 Å². The molecule has 0 spiro atoms. The number of hydrogen-bond donors (Lipinski definition) is 0. The van der Waals surface area contributed by atoms with Crippen LogP contribution in [-0.4, -0.2) is 27.0 Å². The van der Waals surface area contributed by atoms with Gasteiger partial charge in [0.2, 0.25) is 6.29 Å². The molecule has 0 fully saturated rings. The molecule has 0 radical (unpaired) electrons. The highest BCUT2D eigenvalue weighted by Gasteiger charge is 2.34. The van der Waals surface area contributed by atoms with Gasteiger partial charge >= 0.3 is 6.18 Å². The largest absolute Gasteiger partial charge is 0.465 e. The Morgan fingerprint density at radius 1 is 1.14 bits per heavy atom. The summed E-state index contributed by atoms with van der Waals surface area (Å²) in [5.41, 5.74) is 1.83. The average Bonchev–Trinajstić information content (AvgIpc) is 2.64. The van der Waals surface area contributed by atoms with Crippen LogP contribution in [0.15, 0.2) is 42.5 Å². The Hall–Kier alpha value is -2.21. The van der Waals surface area contributed by atoms with Gasteiger partial charge in [0.05, 0.1) is 12.2 Å². The summed E-state index contributed by atoms with van der Waals surface area (Å²) in [6, 6.07) is 11.4. The predicted octanol–water partition coefficient (Wildman–Crippen LogP) is 5.68. The van der Waals surface area contributed by atoms with E-state index in [4.69, 9.17) is 9.47 Å². The molecule has 3 nitrogen and oxygen atoms in total. The van der Waals surface area contributed by atoms with E-state index in [9.17, 15) is 13.2 Å². The summed E-state index contributed by atoms with van der Waals surface area (Å²) in [6.07, 6.45) is -4.39. The van der Waals surface area contributed by atoms with Crippen LogP contribution in [0.25, 0.3) is 0 Å². The zero-order chi connectivity index (χ0) is 20.5. The second-order valence-corrected chi connectivity index (χ2v) is 7.80. The smallest absolute Gasteiger partial charge is 0.416 e. The Morgan fingerprint density at radius 2 is 1.89 bits per heavy atom. The molecule has 152 valence electrons. The SMILES string of the molecule is CC(C)COC1CC(c2cccc(C(F)(F)F)c2)c2ccc(N(C)C)cc2O1. The first kappa shape index (κ1) is 20.5. The van der Waals surface area contributed by atoms with Crippen molar-refractivity contribution in [1.82, 2.24) is 0 Å². The van der Waals surface area contributed by atoms with Crippen LogP contribution in [0.5, 0.6) is 5.75 Å². The van der Waals surface area contributed by atoms with E-state index in [0.717, 1.165) is 17.3 Å². The number of ether oxygens (including phenoxy) is 2. The van der Waals surface area contributed by atoms with Gasteiger partial charge in [-0.25, -0.2) is 0 Å². The highest BCUT2D eigenvalue weighted by molar-refractivity contribution is 5.56. The van der Waals surface area contributed by atoms with Gasteiger partial charge in [-0.1, -0.05) is 38.1 Å². The molecule has 2 aromatic carbocycles. The van der Waals surface area contributed by atoms with E-state index in [2.05, 4.69) is 0 Å². The molecule has 0 bridgehead atoms. The van der Waals surface area contributed by atoms with Crippen molar-refractivity contribution in [2.75, 3.05) is 25.6 Å². The van der Waals surface area contributed by atoms with Crippen LogP contribution in [0.2, 0.25) is 0 Å². The first-order valence-corrected chi connectivity index (χ1v) is 9.42. The zero-order valence-electron chi connectivity index (χ0n) is 16.6. The lowest BCUT2D eigenvalue weighted by Crippen LogP contribution is -2.30. The average molecular weight is 393 g/mol. The van der Waals surface area contributed by atoms with Crippen molar-refractivity contribution in [1.29, 1.82) is 0 Å². The summed E-state index contributed by atoms with van der Waals surface area (Å²) in [5.74, 6) is 0.776. The first-order chi connectivity index (χ1) is 13.1. The Morgan fingerprint density at radius 3 is 2.54 bits per heavy atom.